The molecule has 0 aromatic rings. The zero-order valence-electron chi connectivity index (χ0n) is 12.1. The Balaban J connectivity index is 3.07. The molecule has 3 nitrogen and oxygen atoms in total. The van der Waals surface area contributed by atoms with E-state index in [0.717, 1.165) is 18.9 Å². The summed E-state index contributed by atoms with van der Waals surface area (Å²) in [5, 5.41) is 2.83. The molecule has 0 aromatic carbocycles. The second kappa shape index (κ2) is 7.71. The molecule has 1 aliphatic rings. The maximum absolute atomic E-state index is 12.5. The van der Waals surface area contributed by atoms with Crippen LogP contribution in [0, 0.1) is 5.92 Å². The largest absolute Gasteiger partial charge is 0.430 e. The Kier molecular flexibility index (Phi) is 6.27. The molecule has 0 amide bonds. The summed E-state index contributed by atoms with van der Waals surface area (Å²) in [5.74, 6) is 0.0628. The van der Waals surface area contributed by atoms with Gasteiger partial charge in [-0.1, -0.05) is 6.08 Å². The molecule has 0 radical (unpaired) electrons. The van der Waals surface area contributed by atoms with Gasteiger partial charge in [-0.2, -0.15) is 13.2 Å². The molecule has 1 aliphatic carbocycles. The van der Waals surface area contributed by atoms with Crippen LogP contribution in [0.15, 0.2) is 53.0 Å². The second-order valence-corrected chi connectivity index (χ2v) is 4.65. The average molecular weight is 299 g/mol. The Morgan fingerprint density at radius 3 is 2.48 bits per heavy atom. The third-order valence-corrected chi connectivity index (χ3v) is 2.75. The molecule has 0 heterocycles. The van der Waals surface area contributed by atoms with Crippen molar-refractivity contribution in [2.24, 2.45) is 16.6 Å². The van der Waals surface area contributed by atoms with Crippen LogP contribution in [0.25, 0.3) is 0 Å². The summed E-state index contributed by atoms with van der Waals surface area (Å²) in [5.41, 5.74) is 4.93. The van der Waals surface area contributed by atoms with E-state index in [1.165, 1.54) is 0 Å². The van der Waals surface area contributed by atoms with Gasteiger partial charge in [0.1, 0.15) is 5.70 Å². The van der Waals surface area contributed by atoms with Crippen LogP contribution >= 0.6 is 0 Å². The monoisotopic (exact) mass is 299 g/mol. The van der Waals surface area contributed by atoms with E-state index in [9.17, 15) is 13.2 Å². The van der Waals surface area contributed by atoms with Gasteiger partial charge in [-0.3, -0.25) is 4.99 Å². The van der Waals surface area contributed by atoms with Crippen LogP contribution in [-0.4, -0.2) is 18.9 Å². The average Bonchev–Trinajstić information content (AvgIpc) is 3.21. The van der Waals surface area contributed by atoms with E-state index in [-0.39, 0.29) is 5.92 Å². The van der Waals surface area contributed by atoms with Crippen LogP contribution in [0.2, 0.25) is 0 Å². The third kappa shape index (κ3) is 6.33. The van der Waals surface area contributed by atoms with Crippen LogP contribution < -0.4 is 11.1 Å². The van der Waals surface area contributed by atoms with Crippen LogP contribution in [-0.2, 0) is 0 Å². The number of halogens is 3. The summed E-state index contributed by atoms with van der Waals surface area (Å²) in [6.45, 7) is 1.82. The number of rotatable bonds is 6. The van der Waals surface area contributed by atoms with Crippen LogP contribution in [0.3, 0.4) is 0 Å². The fourth-order valence-electron chi connectivity index (χ4n) is 1.55. The fraction of sp³-hybridized carbons (Fsp3) is 0.400. The molecule has 1 fully saturated rings. The molecule has 21 heavy (non-hydrogen) atoms. The molecule has 0 aromatic heterocycles. The van der Waals surface area contributed by atoms with Crippen molar-refractivity contribution in [3.63, 3.8) is 0 Å². The SMILES string of the molecule is C\C=C/C(=C\C=C\NC)N=C(C=C(N)C(F)(F)F)C1CC1. The van der Waals surface area contributed by atoms with Gasteiger partial charge in [0.25, 0.3) is 0 Å². The summed E-state index contributed by atoms with van der Waals surface area (Å²) in [6.07, 6.45) is 6.78. The number of hydrogen-bond donors (Lipinski definition) is 2. The van der Waals surface area contributed by atoms with Gasteiger partial charge in [-0.15, -0.1) is 0 Å². The first-order valence-corrected chi connectivity index (χ1v) is 6.68. The lowest BCUT2D eigenvalue weighted by Gasteiger charge is -2.07. The van der Waals surface area contributed by atoms with Gasteiger partial charge in [-0.05, 0) is 50.3 Å². The van der Waals surface area contributed by atoms with Gasteiger partial charge in [0.15, 0.2) is 0 Å². The number of alkyl halides is 3. The zero-order valence-corrected chi connectivity index (χ0v) is 12.1. The molecule has 0 bridgehead atoms. The highest BCUT2D eigenvalue weighted by Crippen LogP contribution is 2.33. The van der Waals surface area contributed by atoms with Crippen LogP contribution in [0.5, 0.6) is 0 Å². The van der Waals surface area contributed by atoms with E-state index in [1.807, 2.05) is 6.92 Å². The molecule has 116 valence electrons. The van der Waals surface area contributed by atoms with Gasteiger partial charge < -0.3 is 11.1 Å². The van der Waals surface area contributed by atoms with Crippen molar-refractivity contribution < 1.29 is 13.2 Å². The summed E-state index contributed by atoms with van der Waals surface area (Å²) < 4.78 is 37.6. The molecule has 0 atom stereocenters. The van der Waals surface area contributed by atoms with Crippen LogP contribution in [0.1, 0.15) is 19.8 Å². The van der Waals surface area contributed by atoms with Crippen molar-refractivity contribution in [2.75, 3.05) is 7.05 Å². The minimum atomic E-state index is -4.52. The van der Waals surface area contributed by atoms with Crippen molar-refractivity contribution in [1.82, 2.24) is 5.32 Å². The number of hydrogen-bond acceptors (Lipinski definition) is 3. The Hall–Kier alpha value is -1.98. The molecular weight excluding hydrogens is 279 g/mol. The maximum Gasteiger partial charge on any atom is 0.430 e. The first-order valence-electron chi connectivity index (χ1n) is 6.68. The molecule has 1 rings (SSSR count). The zero-order chi connectivity index (χ0) is 15.9. The number of nitrogens with two attached hydrogens (primary N) is 1. The van der Waals surface area contributed by atoms with Gasteiger partial charge in [-0.25, -0.2) is 0 Å². The number of nitrogens with one attached hydrogen (secondary N) is 1. The van der Waals surface area contributed by atoms with E-state index in [0.29, 0.717) is 11.4 Å². The quantitative estimate of drug-likeness (QED) is 0.583. The predicted molar refractivity (Wildman–Crippen MR) is 79.6 cm³/mol. The second-order valence-electron chi connectivity index (χ2n) is 4.65. The fourth-order valence-corrected chi connectivity index (χ4v) is 1.55. The summed E-state index contributed by atoms with van der Waals surface area (Å²) in [7, 11) is 1.76. The van der Waals surface area contributed by atoms with E-state index in [2.05, 4.69) is 10.3 Å². The van der Waals surface area contributed by atoms with Crippen molar-refractivity contribution in [3.8, 4) is 0 Å². The molecule has 6 heteroatoms. The molecule has 0 unspecified atom stereocenters. The minimum absolute atomic E-state index is 0.0628. The Morgan fingerprint density at radius 2 is 2.00 bits per heavy atom. The smallest absolute Gasteiger partial charge is 0.395 e. The van der Waals surface area contributed by atoms with Crippen molar-refractivity contribution in [3.05, 3.63) is 48.0 Å². The van der Waals surface area contributed by atoms with Crippen molar-refractivity contribution >= 4 is 5.71 Å². The Bertz CT molecular complexity index is 493. The Morgan fingerprint density at radius 1 is 1.33 bits per heavy atom. The van der Waals surface area contributed by atoms with Gasteiger partial charge in [0.2, 0.25) is 0 Å². The van der Waals surface area contributed by atoms with Gasteiger partial charge in [0.05, 0.1) is 5.70 Å². The summed E-state index contributed by atoms with van der Waals surface area (Å²) >= 11 is 0. The van der Waals surface area contributed by atoms with Gasteiger partial charge >= 0.3 is 6.18 Å². The number of aliphatic imine (C=N–C) groups is 1. The normalized spacial score (nSPS) is 18.8. The lowest BCUT2D eigenvalue weighted by molar-refractivity contribution is -0.0925. The lowest BCUT2D eigenvalue weighted by Crippen LogP contribution is -2.21. The topological polar surface area (TPSA) is 50.4 Å². The molecule has 0 spiro atoms. The van der Waals surface area contributed by atoms with Crippen molar-refractivity contribution in [2.45, 2.75) is 25.9 Å². The summed E-state index contributed by atoms with van der Waals surface area (Å²) in [6, 6.07) is 0. The molecule has 3 N–H and O–H groups in total. The number of nitrogens with zero attached hydrogens (tertiary/aromatic N) is 1. The van der Waals surface area contributed by atoms with Crippen molar-refractivity contribution in [1.29, 1.82) is 0 Å². The first kappa shape index (κ1) is 17.1. The van der Waals surface area contributed by atoms with E-state index >= 15 is 0 Å². The van der Waals surface area contributed by atoms with E-state index < -0.39 is 11.9 Å². The molecular formula is C15H20F3N3. The lowest BCUT2D eigenvalue weighted by atomic mass is 10.2. The van der Waals surface area contributed by atoms with Gasteiger partial charge in [0, 0.05) is 18.7 Å². The Labute approximate surface area is 122 Å². The van der Waals surface area contributed by atoms with Crippen LogP contribution in [0.4, 0.5) is 13.2 Å². The summed E-state index contributed by atoms with van der Waals surface area (Å²) in [4.78, 5) is 4.31. The number of allylic oxidation sites excluding steroid dienone is 6. The first-order chi connectivity index (χ1) is 9.88. The highest BCUT2D eigenvalue weighted by atomic mass is 19.4. The highest BCUT2D eigenvalue weighted by molar-refractivity contribution is 5.99. The minimum Gasteiger partial charge on any atom is -0.395 e. The molecule has 0 aliphatic heterocycles. The van der Waals surface area contributed by atoms with E-state index in [1.54, 1.807) is 37.6 Å². The standard InChI is InChI=1S/C15H20F3N3/c1-3-5-12(6-4-9-20-2)21-13(11-7-8-11)10-14(19)15(16,17)18/h3-6,9-11,20H,7-8,19H2,1-2H3/b5-3-,9-4+,12-6+,14-10?,21-13?. The molecule has 0 saturated heterocycles. The highest BCUT2D eigenvalue weighted by Gasteiger charge is 2.34. The van der Waals surface area contributed by atoms with E-state index in [4.69, 9.17) is 5.73 Å². The third-order valence-electron chi connectivity index (χ3n) is 2.75. The predicted octanol–water partition coefficient (Wildman–Crippen LogP) is 3.44. The maximum atomic E-state index is 12.5. The molecule has 1 saturated carbocycles.